The van der Waals surface area contributed by atoms with Crippen LogP contribution < -0.4 is 5.32 Å². The normalized spacial score (nSPS) is 21.3. The van der Waals surface area contributed by atoms with Crippen LogP contribution in [0.4, 0.5) is 0 Å². The maximum absolute atomic E-state index is 12.3. The maximum Gasteiger partial charge on any atom is 0.308 e. The Bertz CT molecular complexity index is 482. The van der Waals surface area contributed by atoms with Crippen LogP contribution in [-0.4, -0.2) is 29.7 Å². The molecule has 0 saturated carbocycles. The van der Waals surface area contributed by atoms with Gasteiger partial charge in [0.1, 0.15) is 6.10 Å². The third-order valence-electron chi connectivity index (χ3n) is 3.82. The van der Waals surface area contributed by atoms with E-state index in [4.69, 9.17) is 4.74 Å². The van der Waals surface area contributed by atoms with E-state index < -0.39 is 24.0 Å². The molecule has 0 aromatic heterocycles. The van der Waals surface area contributed by atoms with E-state index in [-0.39, 0.29) is 5.91 Å². The molecule has 1 saturated heterocycles. The van der Waals surface area contributed by atoms with E-state index >= 15 is 0 Å². The molecule has 2 rings (SSSR count). The van der Waals surface area contributed by atoms with E-state index in [1.165, 1.54) is 0 Å². The Kier molecular flexibility index (Phi) is 5.33. The van der Waals surface area contributed by atoms with Gasteiger partial charge >= 0.3 is 5.97 Å². The van der Waals surface area contributed by atoms with Crippen molar-refractivity contribution in [3.8, 4) is 0 Å². The van der Waals surface area contributed by atoms with Crippen molar-refractivity contribution in [2.75, 3.05) is 6.61 Å². The summed E-state index contributed by atoms with van der Waals surface area (Å²) < 4.78 is 5.46. The summed E-state index contributed by atoms with van der Waals surface area (Å²) >= 11 is 0. The molecule has 114 valence electrons. The first kappa shape index (κ1) is 15.5. The Morgan fingerprint density at radius 3 is 2.57 bits per heavy atom. The van der Waals surface area contributed by atoms with Gasteiger partial charge in [0, 0.05) is 6.61 Å². The summed E-state index contributed by atoms with van der Waals surface area (Å²) in [5.74, 6) is -1.87. The van der Waals surface area contributed by atoms with Crippen LogP contribution in [0, 0.1) is 5.92 Å². The lowest BCUT2D eigenvalue weighted by atomic mass is 9.94. The van der Waals surface area contributed by atoms with Gasteiger partial charge in [0.2, 0.25) is 5.91 Å². The summed E-state index contributed by atoms with van der Waals surface area (Å²) in [5, 5.41) is 12.1. The van der Waals surface area contributed by atoms with Gasteiger partial charge < -0.3 is 15.2 Å². The van der Waals surface area contributed by atoms with Crippen molar-refractivity contribution in [1.82, 2.24) is 5.32 Å². The first-order chi connectivity index (χ1) is 10.1. The zero-order chi connectivity index (χ0) is 15.2. The van der Waals surface area contributed by atoms with Crippen molar-refractivity contribution in [2.24, 2.45) is 5.92 Å². The summed E-state index contributed by atoms with van der Waals surface area (Å²) in [6.45, 7) is 2.19. The largest absolute Gasteiger partial charge is 0.481 e. The molecule has 1 aliphatic heterocycles. The molecule has 5 heteroatoms. The number of benzene rings is 1. The number of carboxylic acid groups (broad SMARTS) is 1. The molecule has 5 nitrogen and oxygen atoms in total. The molecule has 3 unspecified atom stereocenters. The molecular formula is C16H21NO4. The highest BCUT2D eigenvalue weighted by atomic mass is 16.5. The molecule has 0 aliphatic carbocycles. The number of hydrogen-bond donors (Lipinski definition) is 2. The number of carboxylic acids is 1. The Morgan fingerprint density at radius 2 is 2.00 bits per heavy atom. The number of amides is 1. The predicted molar refractivity (Wildman–Crippen MR) is 77.7 cm³/mol. The fraction of sp³-hybridized carbons (Fsp3) is 0.500. The second-order valence-electron chi connectivity index (χ2n) is 5.38. The summed E-state index contributed by atoms with van der Waals surface area (Å²) in [7, 11) is 0. The quantitative estimate of drug-likeness (QED) is 0.871. The fourth-order valence-electron chi connectivity index (χ4n) is 2.49. The molecule has 1 heterocycles. The van der Waals surface area contributed by atoms with Crippen LogP contribution in [0.1, 0.15) is 37.8 Å². The number of aliphatic carboxylic acids is 1. The number of ether oxygens (including phenoxy) is 1. The molecule has 1 aromatic carbocycles. The van der Waals surface area contributed by atoms with Crippen molar-refractivity contribution >= 4 is 11.9 Å². The zero-order valence-corrected chi connectivity index (χ0v) is 12.1. The molecule has 0 spiro atoms. The van der Waals surface area contributed by atoms with Crippen molar-refractivity contribution in [2.45, 2.75) is 38.3 Å². The molecule has 1 aliphatic rings. The average Bonchev–Trinajstić information content (AvgIpc) is 2.53. The van der Waals surface area contributed by atoms with Crippen molar-refractivity contribution in [3.63, 3.8) is 0 Å². The van der Waals surface area contributed by atoms with Gasteiger partial charge in [-0.05, 0) is 31.7 Å². The predicted octanol–water partition coefficient (Wildman–Crippen LogP) is 2.13. The SMILES string of the molecule is CC(C(=O)O)C(NC(=O)C1CCCCO1)c1ccccc1. The minimum Gasteiger partial charge on any atom is -0.481 e. The number of rotatable bonds is 5. The second-order valence-corrected chi connectivity index (χ2v) is 5.38. The fourth-order valence-corrected chi connectivity index (χ4v) is 2.49. The monoisotopic (exact) mass is 291 g/mol. The summed E-state index contributed by atoms with van der Waals surface area (Å²) in [5.41, 5.74) is 0.788. The third-order valence-corrected chi connectivity index (χ3v) is 3.82. The minimum absolute atomic E-state index is 0.225. The number of carbonyl (C=O) groups excluding carboxylic acids is 1. The standard InChI is InChI=1S/C16H21NO4/c1-11(16(19)20)14(12-7-3-2-4-8-12)17-15(18)13-9-5-6-10-21-13/h2-4,7-8,11,13-14H,5-6,9-10H2,1H3,(H,17,18)(H,19,20). The summed E-state index contributed by atoms with van der Waals surface area (Å²) in [4.78, 5) is 23.6. The Labute approximate surface area is 124 Å². The van der Waals surface area contributed by atoms with Gasteiger partial charge in [0.05, 0.1) is 12.0 Å². The minimum atomic E-state index is -0.936. The number of carbonyl (C=O) groups is 2. The van der Waals surface area contributed by atoms with E-state index in [9.17, 15) is 14.7 Å². The highest BCUT2D eigenvalue weighted by Gasteiger charge is 2.30. The lowest BCUT2D eigenvalue weighted by molar-refractivity contribution is -0.143. The van der Waals surface area contributed by atoms with Crippen molar-refractivity contribution < 1.29 is 19.4 Å². The van der Waals surface area contributed by atoms with Crippen LogP contribution in [-0.2, 0) is 14.3 Å². The zero-order valence-electron chi connectivity index (χ0n) is 12.1. The summed E-state index contributed by atoms with van der Waals surface area (Å²) in [6, 6.07) is 8.62. The van der Waals surface area contributed by atoms with Crippen molar-refractivity contribution in [1.29, 1.82) is 0 Å². The molecule has 1 fully saturated rings. The Morgan fingerprint density at radius 1 is 1.29 bits per heavy atom. The van der Waals surface area contributed by atoms with Gasteiger partial charge in [-0.15, -0.1) is 0 Å². The van der Waals surface area contributed by atoms with Crippen LogP contribution >= 0.6 is 0 Å². The van der Waals surface area contributed by atoms with Gasteiger partial charge in [0.25, 0.3) is 0 Å². The molecule has 0 radical (unpaired) electrons. The number of nitrogens with one attached hydrogen (secondary N) is 1. The van der Waals surface area contributed by atoms with E-state index in [2.05, 4.69) is 5.32 Å². The van der Waals surface area contributed by atoms with Gasteiger partial charge in [-0.2, -0.15) is 0 Å². The van der Waals surface area contributed by atoms with Gasteiger partial charge in [-0.3, -0.25) is 9.59 Å². The first-order valence-corrected chi connectivity index (χ1v) is 7.29. The van der Waals surface area contributed by atoms with Crippen LogP contribution in [0.25, 0.3) is 0 Å². The van der Waals surface area contributed by atoms with E-state index in [0.29, 0.717) is 13.0 Å². The van der Waals surface area contributed by atoms with Gasteiger partial charge in [0.15, 0.2) is 0 Å². The van der Waals surface area contributed by atoms with Gasteiger partial charge in [-0.25, -0.2) is 0 Å². The average molecular weight is 291 g/mol. The lowest BCUT2D eigenvalue weighted by Gasteiger charge is -2.27. The van der Waals surface area contributed by atoms with Crippen LogP contribution in [0.15, 0.2) is 30.3 Å². The molecular weight excluding hydrogens is 270 g/mol. The molecule has 2 N–H and O–H groups in total. The molecule has 3 atom stereocenters. The number of hydrogen-bond acceptors (Lipinski definition) is 3. The second kappa shape index (κ2) is 7.22. The first-order valence-electron chi connectivity index (χ1n) is 7.29. The molecule has 1 aromatic rings. The maximum atomic E-state index is 12.3. The van der Waals surface area contributed by atoms with Crippen LogP contribution in [0.2, 0.25) is 0 Å². The van der Waals surface area contributed by atoms with Crippen LogP contribution in [0.3, 0.4) is 0 Å². The molecule has 21 heavy (non-hydrogen) atoms. The Hall–Kier alpha value is -1.88. The highest BCUT2D eigenvalue weighted by molar-refractivity contribution is 5.82. The smallest absolute Gasteiger partial charge is 0.308 e. The van der Waals surface area contributed by atoms with E-state index in [1.807, 2.05) is 30.3 Å². The van der Waals surface area contributed by atoms with E-state index in [0.717, 1.165) is 18.4 Å². The highest BCUT2D eigenvalue weighted by Crippen LogP contribution is 2.23. The van der Waals surface area contributed by atoms with Crippen molar-refractivity contribution in [3.05, 3.63) is 35.9 Å². The topological polar surface area (TPSA) is 75.6 Å². The van der Waals surface area contributed by atoms with E-state index in [1.54, 1.807) is 6.92 Å². The molecule has 1 amide bonds. The van der Waals surface area contributed by atoms with Gasteiger partial charge in [-0.1, -0.05) is 30.3 Å². The summed E-state index contributed by atoms with van der Waals surface area (Å²) in [6.07, 6.45) is 2.15. The Balaban J connectivity index is 2.12. The third kappa shape index (κ3) is 4.04. The molecule has 0 bridgehead atoms. The lowest BCUT2D eigenvalue weighted by Crippen LogP contribution is -2.43. The van der Waals surface area contributed by atoms with Crippen LogP contribution in [0.5, 0.6) is 0 Å².